The molecule has 1 rings (SSSR count). The maximum Gasteiger partial charge on any atom is 0.179 e. The standard InChI is InChI=1S/C8H14N2.2C2H6/c1-7-8(2,3)4-5-10(7)6-9;2*1-2/h7H,4-5H2,1-3H3;2*1-2H3. The van der Waals surface area contributed by atoms with Crippen LogP contribution < -0.4 is 0 Å². The van der Waals surface area contributed by atoms with E-state index in [1.165, 1.54) is 0 Å². The molecule has 1 heterocycles. The van der Waals surface area contributed by atoms with E-state index in [0.29, 0.717) is 11.5 Å². The Labute approximate surface area is 89.9 Å². The van der Waals surface area contributed by atoms with Crippen molar-refractivity contribution in [3.63, 3.8) is 0 Å². The van der Waals surface area contributed by atoms with E-state index in [2.05, 4.69) is 27.0 Å². The first-order valence-corrected chi connectivity index (χ1v) is 5.74. The molecule has 0 aromatic carbocycles. The smallest absolute Gasteiger partial charge is 0.179 e. The molecule has 84 valence electrons. The number of nitrogens with zero attached hydrogens (tertiary/aromatic N) is 2. The molecule has 14 heavy (non-hydrogen) atoms. The molecule has 0 N–H and O–H groups in total. The van der Waals surface area contributed by atoms with Gasteiger partial charge in [-0.1, -0.05) is 41.5 Å². The molecule has 1 aliphatic heterocycles. The number of hydrogen-bond acceptors (Lipinski definition) is 2. The van der Waals surface area contributed by atoms with Crippen LogP contribution in [0.25, 0.3) is 0 Å². The summed E-state index contributed by atoms with van der Waals surface area (Å²) >= 11 is 0. The van der Waals surface area contributed by atoms with Crippen LogP contribution in [0.3, 0.4) is 0 Å². The van der Waals surface area contributed by atoms with Crippen molar-refractivity contribution in [3.05, 3.63) is 0 Å². The second kappa shape index (κ2) is 7.67. The topological polar surface area (TPSA) is 27.0 Å². The molecule has 0 amide bonds. The van der Waals surface area contributed by atoms with Crippen molar-refractivity contribution in [2.24, 2.45) is 5.41 Å². The first-order chi connectivity index (χ1) is 6.58. The SMILES string of the molecule is CC.CC.CC1N(C#N)CCC1(C)C. The number of likely N-dealkylation sites (tertiary alicyclic amines) is 1. The summed E-state index contributed by atoms with van der Waals surface area (Å²) in [5.74, 6) is 0. The van der Waals surface area contributed by atoms with Gasteiger partial charge < -0.3 is 4.90 Å². The highest BCUT2D eigenvalue weighted by atomic mass is 15.2. The molecule has 0 spiro atoms. The molecular weight excluding hydrogens is 172 g/mol. The van der Waals surface area contributed by atoms with E-state index in [-0.39, 0.29) is 0 Å². The minimum absolute atomic E-state index is 0.329. The Morgan fingerprint density at radius 3 is 1.79 bits per heavy atom. The van der Waals surface area contributed by atoms with Gasteiger partial charge in [0.25, 0.3) is 0 Å². The molecule has 0 aromatic heterocycles. The highest BCUT2D eigenvalue weighted by Crippen LogP contribution is 2.34. The van der Waals surface area contributed by atoms with Crippen LogP contribution in [0, 0.1) is 16.9 Å². The molecule has 1 unspecified atom stereocenters. The molecule has 0 bridgehead atoms. The third-order valence-electron chi connectivity index (χ3n) is 2.72. The lowest BCUT2D eigenvalue weighted by molar-refractivity contribution is 0.259. The lowest BCUT2D eigenvalue weighted by atomic mass is 9.86. The van der Waals surface area contributed by atoms with Crippen molar-refractivity contribution in [1.82, 2.24) is 4.90 Å². The second-order valence-corrected chi connectivity index (χ2v) is 3.71. The minimum atomic E-state index is 0.329. The van der Waals surface area contributed by atoms with Crippen molar-refractivity contribution in [1.29, 1.82) is 5.26 Å². The minimum Gasteiger partial charge on any atom is -0.307 e. The lowest BCUT2D eigenvalue weighted by Crippen LogP contribution is -2.30. The van der Waals surface area contributed by atoms with E-state index < -0.39 is 0 Å². The largest absolute Gasteiger partial charge is 0.307 e. The highest BCUT2D eigenvalue weighted by molar-refractivity contribution is 4.95. The van der Waals surface area contributed by atoms with Gasteiger partial charge in [0.1, 0.15) is 0 Å². The van der Waals surface area contributed by atoms with Gasteiger partial charge in [0.05, 0.1) is 0 Å². The molecule has 0 saturated carbocycles. The Balaban J connectivity index is 0. The summed E-state index contributed by atoms with van der Waals surface area (Å²) in [6, 6.07) is 0.414. The average Bonchev–Trinajstić information content (AvgIpc) is 2.49. The van der Waals surface area contributed by atoms with Gasteiger partial charge in [0, 0.05) is 12.6 Å². The predicted molar refractivity (Wildman–Crippen MR) is 62.9 cm³/mol. The van der Waals surface area contributed by atoms with Crippen molar-refractivity contribution in [2.75, 3.05) is 6.54 Å². The molecule has 1 saturated heterocycles. The maximum absolute atomic E-state index is 8.64. The molecular formula is C12H26N2. The molecule has 0 aliphatic carbocycles. The van der Waals surface area contributed by atoms with E-state index in [0.717, 1.165) is 13.0 Å². The van der Waals surface area contributed by atoms with Gasteiger partial charge in [-0.2, -0.15) is 5.26 Å². The van der Waals surface area contributed by atoms with Gasteiger partial charge in [-0.15, -0.1) is 0 Å². The van der Waals surface area contributed by atoms with Gasteiger partial charge in [0.2, 0.25) is 0 Å². The van der Waals surface area contributed by atoms with Crippen molar-refractivity contribution < 1.29 is 0 Å². The van der Waals surface area contributed by atoms with Crippen molar-refractivity contribution >= 4 is 0 Å². The van der Waals surface area contributed by atoms with E-state index in [9.17, 15) is 0 Å². The maximum atomic E-state index is 8.64. The number of hydrogen-bond donors (Lipinski definition) is 0. The Morgan fingerprint density at radius 2 is 1.64 bits per heavy atom. The van der Waals surface area contributed by atoms with Crippen LogP contribution in [-0.4, -0.2) is 17.5 Å². The summed E-state index contributed by atoms with van der Waals surface area (Å²) in [7, 11) is 0. The fourth-order valence-corrected chi connectivity index (χ4v) is 1.37. The molecule has 0 radical (unpaired) electrons. The molecule has 1 atom stereocenters. The Kier molecular flexibility index (Phi) is 8.63. The Morgan fingerprint density at radius 1 is 1.21 bits per heavy atom. The van der Waals surface area contributed by atoms with Crippen molar-refractivity contribution in [3.8, 4) is 6.19 Å². The van der Waals surface area contributed by atoms with Gasteiger partial charge in [-0.25, -0.2) is 0 Å². The summed E-state index contributed by atoms with van der Waals surface area (Å²) in [5, 5.41) is 8.64. The summed E-state index contributed by atoms with van der Waals surface area (Å²) in [5.41, 5.74) is 0.329. The quantitative estimate of drug-likeness (QED) is 0.556. The van der Waals surface area contributed by atoms with Crippen LogP contribution in [0.4, 0.5) is 0 Å². The van der Waals surface area contributed by atoms with Crippen LogP contribution in [-0.2, 0) is 0 Å². The van der Waals surface area contributed by atoms with Gasteiger partial charge in [0.15, 0.2) is 6.19 Å². The number of rotatable bonds is 0. The molecule has 1 aliphatic rings. The fraction of sp³-hybridized carbons (Fsp3) is 0.917. The van der Waals surface area contributed by atoms with E-state index >= 15 is 0 Å². The van der Waals surface area contributed by atoms with Gasteiger partial charge in [-0.05, 0) is 18.8 Å². The van der Waals surface area contributed by atoms with Crippen LogP contribution in [0.5, 0.6) is 0 Å². The highest BCUT2D eigenvalue weighted by Gasteiger charge is 2.36. The number of nitriles is 1. The predicted octanol–water partition coefficient (Wildman–Crippen LogP) is 3.64. The normalized spacial score (nSPS) is 22.4. The average molecular weight is 198 g/mol. The summed E-state index contributed by atoms with van der Waals surface area (Å²) in [6.45, 7) is 15.5. The Bertz CT molecular complexity index is 168. The zero-order valence-electron chi connectivity index (χ0n) is 10.9. The monoisotopic (exact) mass is 198 g/mol. The fourth-order valence-electron chi connectivity index (χ4n) is 1.37. The van der Waals surface area contributed by atoms with E-state index in [4.69, 9.17) is 5.26 Å². The first kappa shape index (κ1) is 15.7. The zero-order valence-corrected chi connectivity index (χ0v) is 10.9. The van der Waals surface area contributed by atoms with Crippen LogP contribution in [0.2, 0.25) is 0 Å². The van der Waals surface area contributed by atoms with E-state index in [1.54, 1.807) is 0 Å². The summed E-state index contributed by atoms with van der Waals surface area (Å²) < 4.78 is 0. The lowest BCUT2D eigenvalue weighted by Gasteiger charge is -2.25. The van der Waals surface area contributed by atoms with Crippen LogP contribution in [0.1, 0.15) is 54.9 Å². The van der Waals surface area contributed by atoms with E-state index in [1.807, 2.05) is 32.6 Å². The third-order valence-corrected chi connectivity index (χ3v) is 2.72. The zero-order chi connectivity index (χ0) is 11.8. The first-order valence-electron chi connectivity index (χ1n) is 5.74. The molecule has 1 fully saturated rings. The van der Waals surface area contributed by atoms with Crippen molar-refractivity contribution in [2.45, 2.75) is 60.9 Å². The molecule has 2 heteroatoms. The third kappa shape index (κ3) is 4.00. The molecule has 2 nitrogen and oxygen atoms in total. The van der Waals surface area contributed by atoms with Crippen LogP contribution >= 0.6 is 0 Å². The molecule has 0 aromatic rings. The summed E-state index contributed by atoms with van der Waals surface area (Å²) in [6.07, 6.45) is 3.34. The van der Waals surface area contributed by atoms with Gasteiger partial charge in [-0.3, -0.25) is 0 Å². The Hall–Kier alpha value is -0.710. The van der Waals surface area contributed by atoms with Gasteiger partial charge >= 0.3 is 0 Å². The van der Waals surface area contributed by atoms with Crippen LogP contribution in [0.15, 0.2) is 0 Å². The second-order valence-electron chi connectivity index (χ2n) is 3.71. The summed E-state index contributed by atoms with van der Waals surface area (Å²) in [4.78, 5) is 1.86.